The minimum atomic E-state index is -0.565. The summed E-state index contributed by atoms with van der Waals surface area (Å²) >= 11 is 5.60. The topological polar surface area (TPSA) is 69.1 Å². The van der Waals surface area contributed by atoms with Crippen LogP contribution < -0.4 is 11.5 Å². The van der Waals surface area contributed by atoms with Crippen molar-refractivity contribution in [2.75, 3.05) is 5.73 Å². The highest BCUT2D eigenvalue weighted by Gasteiger charge is 2.04. The van der Waals surface area contributed by atoms with E-state index in [2.05, 4.69) is 0 Å². The van der Waals surface area contributed by atoms with Crippen LogP contribution in [0.25, 0.3) is 0 Å². The number of carbonyl (C=O) groups is 1. The predicted octanol–water partition coefficient (Wildman–Crippen LogP) is 1.44. The van der Waals surface area contributed by atoms with Gasteiger partial charge in [-0.3, -0.25) is 4.79 Å². The Bertz CT molecular complexity index is 301. The number of hydrogen-bond donors (Lipinski definition) is 2. The Hall–Kier alpha value is -0.930. The molecular formula is C7H8Cl2N2O. The monoisotopic (exact) mass is 206 g/mol. The Balaban J connectivity index is 0.00000121. The Kier molecular flexibility index (Phi) is 3.86. The molecule has 1 amide bonds. The van der Waals surface area contributed by atoms with E-state index in [1.807, 2.05) is 0 Å². The minimum absolute atomic E-state index is 0. The Morgan fingerprint density at radius 3 is 2.42 bits per heavy atom. The molecule has 0 spiro atoms. The summed E-state index contributed by atoms with van der Waals surface area (Å²) in [6.45, 7) is 0. The molecule has 4 N–H and O–H groups in total. The summed E-state index contributed by atoms with van der Waals surface area (Å²) < 4.78 is 0. The van der Waals surface area contributed by atoms with Crippen LogP contribution >= 0.6 is 24.0 Å². The highest BCUT2D eigenvalue weighted by atomic mass is 35.5. The van der Waals surface area contributed by atoms with Gasteiger partial charge in [0.25, 0.3) is 5.91 Å². The average Bonchev–Trinajstić information content (AvgIpc) is 1.94. The van der Waals surface area contributed by atoms with Crippen LogP contribution in [0.2, 0.25) is 5.02 Å². The zero-order valence-electron chi connectivity index (χ0n) is 6.08. The van der Waals surface area contributed by atoms with E-state index in [4.69, 9.17) is 23.1 Å². The largest absolute Gasteiger partial charge is 0.398 e. The number of rotatable bonds is 1. The molecule has 0 radical (unpaired) electrons. The highest BCUT2D eigenvalue weighted by molar-refractivity contribution is 6.31. The molecule has 0 saturated carbocycles. The summed E-state index contributed by atoms with van der Waals surface area (Å²) in [5.74, 6) is -0.565. The van der Waals surface area contributed by atoms with Crippen molar-refractivity contribution in [3.8, 4) is 0 Å². The van der Waals surface area contributed by atoms with Crippen molar-refractivity contribution in [3.63, 3.8) is 0 Å². The fourth-order valence-corrected chi connectivity index (χ4v) is 0.914. The van der Waals surface area contributed by atoms with E-state index in [9.17, 15) is 4.79 Å². The van der Waals surface area contributed by atoms with Gasteiger partial charge in [0.15, 0.2) is 0 Å². The van der Waals surface area contributed by atoms with E-state index >= 15 is 0 Å². The number of nitrogens with two attached hydrogens (primary N) is 2. The third-order valence-corrected chi connectivity index (χ3v) is 1.52. The number of amides is 1. The Morgan fingerprint density at radius 1 is 1.42 bits per heavy atom. The summed E-state index contributed by atoms with van der Waals surface area (Å²) in [5, 5.41) is 0.452. The van der Waals surface area contributed by atoms with Gasteiger partial charge in [-0.1, -0.05) is 11.6 Å². The van der Waals surface area contributed by atoms with Gasteiger partial charge in [0.1, 0.15) is 0 Å². The molecule has 0 aliphatic carbocycles. The van der Waals surface area contributed by atoms with Crippen molar-refractivity contribution < 1.29 is 4.79 Å². The van der Waals surface area contributed by atoms with E-state index < -0.39 is 5.91 Å². The SMILES string of the molecule is Cl.NC(=O)c1cc(Cl)ccc1N. The maximum absolute atomic E-state index is 10.7. The normalized spacial score (nSPS) is 8.75. The Morgan fingerprint density at radius 2 is 2.00 bits per heavy atom. The number of benzene rings is 1. The van der Waals surface area contributed by atoms with Crippen LogP contribution in [-0.2, 0) is 0 Å². The van der Waals surface area contributed by atoms with E-state index in [1.165, 1.54) is 6.07 Å². The molecule has 12 heavy (non-hydrogen) atoms. The van der Waals surface area contributed by atoms with Gasteiger partial charge in [0.05, 0.1) is 5.56 Å². The maximum Gasteiger partial charge on any atom is 0.250 e. The van der Waals surface area contributed by atoms with Crippen LogP contribution in [0.3, 0.4) is 0 Å². The first-order valence-corrected chi connectivity index (χ1v) is 3.34. The van der Waals surface area contributed by atoms with Crippen LogP contribution in [0.4, 0.5) is 5.69 Å². The molecule has 0 aliphatic heterocycles. The fraction of sp³-hybridized carbons (Fsp3) is 0. The van der Waals surface area contributed by atoms with E-state index in [1.54, 1.807) is 12.1 Å². The number of nitrogen functional groups attached to an aromatic ring is 1. The van der Waals surface area contributed by atoms with Gasteiger partial charge >= 0.3 is 0 Å². The number of halogens is 2. The van der Waals surface area contributed by atoms with E-state index in [0.717, 1.165) is 0 Å². The molecule has 1 aromatic rings. The number of hydrogen-bond acceptors (Lipinski definition) is 2. The van der Waals surface area contributed by atoms with Crippen molar-refractivity contribution in [3.05, 3.63) is 28.8 Å². The molecular weight excluding hydrogens is 199 g/mol. The summed E-state index contributed by atoms with van der Waals surface area (Å²) in [5.41, 5.74) is 11.0. The maximum atomic E-state index is 10.7. The average molecular weight is 207 g/mol. The number of carbonyl (C=O) groups excluding carboxylic acids is 1. The molecule has 1 aromatic carbocycles. The number of anilines is 1. The van der Waals surface area contributed by atoms with Gasteiger partial charge in [0.2, 0.25) is 0 Å². The van der Waals surface area contributed by atoms with Crippen LogP contribution in [0, 0.1) is 0 Å². The fourth-order valence-electron chi connectivity index (χ4n) is 0.742. The molecule has 3 nitrogen and oxygen atoms in total. The first-order chi connectivity index (χ1) is 5.11. The van der Waals surface area contributed by atoms with Gasteiger partial charge in [-0.05, 0) is 18.2 Å². The lowest BCUT2D eigenvalue weighted by molar-refractivity contribution is 0.100. The lowest BCUT2D eigenvalue weighted by Gasteiger charge is -2.00. The van der Waals surface area contributed by atoms with Crippen molar-refractivity contribution in [2.45, 2.75) is 0 Å². The van der Waals surface area contributed by atoms with Gasteiger partial charge in [-0.15, -0.1) is 12.4 Å². The predicted molar refractivity (Wildman–Crippen MR) is 51.6 cm³/mol. The summed E-state index contributed by atoms with van der Waals surface area (Å²) in [7, 11) is 0. The molecule has 0 heterocycles. The summed E-state index contributed by atoms with van der Waals surface area (Å²) in [6.07, 6.45) is 0. The molecule has 0 aromatic heterocycles. The lowest BCUT2D eigenvalue weighted by Crippen LogP contribution is -2.13. The molecule has 0 unspecified atom stereocenters. The van der Waals surface area contributed by atoms with Crippen LogP contribution in [0.5, 0.6) is 0 Å². The van der Waals surface area contributed by atoms with Crippen LogP contribution in [0.1, 0.15) is 10.4 Å². The van der Waals surface area contributed by atoms with Crippen molar-refractivity contribution in [1.29, 1.82) is 0 Å². The standard InChI is InChI=1S/C7H7ClN2O.ClH/c8-4-1-2-6(9)5(3-4)7(10)11;/h1-3H,9H2,(H2,10,11);1H. The summed E-state index contributed by atoms with van der Waals surface area (Å²) in [4.78, 5) is 10.7. The summed E-state index contributed by atoms with van der Waals surface area (Å²) in [6, 6.07) is 4.59. The molecule has 66 valence electrons. The molecule has 0 bridgehead atoms. The van der Waals surface area contributed by atoms with Crippen LogP contribution in [0.15, 0.2) is 18.2 Å². The zero-order chi connectivity index (χ0) is 8.43. The lowest BCUT2D eigenvalue weighted by atomic mass is 10.2. The van der Waals surface area contributed by atoms with Crippen molar-refractivity contribution in [1.82, 2.24) is 0 Å². The number of primary amides is 1. The first kappa shape index (κ1) is 11.1. The molecule has 0 saturated heterocycles. The highest BCUT2D eigenvalue weighted by Crippen LogP contribution is 2.16. The van der Waals surface area contributed by atoms with E-state index in [-0.39, 0.29) is 18.0 Å². The zero-order valence-corrected chi connectivity index (χ0v) is 7.65. The van der Waals surface area contributed by atoms with Gasteiger partial charge in [-0.25, -0.2) is 0 Å². The smallest absolute Gasteiger partial charge is 0.250 e. The third-order valence-electron chi connectivity index (χ3n) is 1.28. The molecule has 0 aliphatic rings. The van der Waals surface area contributed by atoms with Gasteiger partial charge < -0.3 is 11.5 Å². The van der Waals surface area contributed by atoms with Gasteiger partial charge in [0, 0.05) is 10.7 Å². The second-order valence-electron chi connectivity index (χ2n) is 2.10. The van der Waals surface area contributed by atoms with Gasteiger partial charge in [-0.2, -0.15) is 0 Å². The minimum Gasteiger partial charge on any atom is -0.398 e. The van der Waals surface area contributed by atoms with E-state index in [0.29, 0.717) is 10.7 Å². The first-order valence-electron chi connectivity index (χ1n) is 2.96. The van der Waals surface area contributed by atoms with Crippen molar-refractivity contribution >= 4 is 35.6 Å². The molecule has 1 rings (SSSR count). The second-order valence-corrected chi connectivity index (χ2v) is 2.53. The molecule has 0 atom stereocenters. The third kappa shape index (κ3) is 2.29. The molecule has 0 fully saturated rings. The second kappa shape index (κ2) is 4.18. The quantitative estimate of drug-likeness (QED) is 0.684. The Labute approximate surface area is 81.1 Å². The van der Waals surface area contributed by atoms with Crippen LogP contribution in [-0.4, -0.2) is 5.91 Å². The molecule has 5 heteroatoms. The van der Waals surface area contributed by atoms with Crippen molar-refractivity contribution in [2.24, 2.45) is 5.73 Å².